The van der Waals surface area contributed by atoms with Crippen molar-refractivity contribution >= 4 is 13.6 Å². The summed E-state index contributed by atoms with van der Waals surface area (Å²) < 4.78 is 10.7. The van der Waals surface area contributed by atoms with Crippen LogP contribution < -0.4 is 0 Å². The molecule has 0 rings (SSSR count). The van der Waals surface area contributed by atoms with Crippen molar-refractivity contribution < 1.29 is 24.3 Å². The van der Waals surface area contributed by atoms with Crippen molar-refractivity contribution in [1.29, 1.82) is 0 Å². The summed E-state index contributed by atoms with van der Waals surface area (Å²) in [6, 6.07) is 0. The van der Waals surface area contributed by atoms with Crippen molar-refractivity contribution in [2.75, 3.05) is 0 Å². The van der Waals surface area contributed by atoms with E-state index in [1.54, 1.807) is 0 Å². The molecule has 3 N–H and O–H groups in total. The van der Waals surface area contributed by atoms with Gasteiger partial charge in [-0.3, -0.25) is 9.36 Å². The van der Waals surface area contributed by atoms with Crippen LogP contribution in [0.5, 0.6) is 0 Å². The van der Waals surface area contributed by atoms with Crippen LogP contribution in [0.2, 0.25) is 0 Å². The van der Waals surface area contributed by atoms with Crippen molar-refractivity contribution in [2.24, 2.45) is 5.41 Å². The maximum Gasteiger partial charge on any atom is 0.340 e. The van der Waals surface area contributed by atoms with E-state index in [0.29, 0.717) is 0 Å². The highest BCUT2D eigenvalue weighted by Gasteiger charge is 2.44. The van der Waals surface area contributed by atoms with Crippen LogP contribution >= 0.6 is 7.60 Å². The summed E-state index contributed by atoms with van der Waals surface area (Å²) in [6.07, 6.45) is 0. The predicted octanol–water partition coefficient (Wildman–Crippen LogP) is 0.663. The second kappa shape index (κ2) is 3.17. The number of hydrogen-bond acceptors (Lipinski definition) is 2. The first kappa shape index (κ1) is 11.6. The van der Waals surface area contributed by atoms with Crippen molar-refractivity contribution in [2.45, 2.75) is 26.4 Å². The fraction of sp³-hybridized carbons (Fsp3) is 0.833. The molecule has 12 heavy (non-hydrogen) atoms. The zero-order valence-corrected chi connectivity index (χ0v) is 8.08. The Morgan fingerprint density at radius 2 is 1.67 bits per heavy atom. The molecule has 0 saturated heterocycles. The first-order valence-electron chi connectivity index (χ1n) is 3.35. The number of carboxylic acids is 1. The third-order valence-corrected chi connectivity index (χ3v) is 3.06. The van der Waals surface area contributed by atoms with Gasteiger partial charge in [-0.25, -0.2) is 0 Å². The van der Waals surface area contributed by atoms with Gasteiger partial charge in [-0.1, -0.05) is 20.8 Å². The summed E-state index contributed by atoms with van der Waals surface area (Å²) in [5.41, 5.74) is -2.57. The normalized spacial score (nSPS) is 15.8. The quantitative estimate of drug-likeness (QED) is 0.564. The lowest BCUT2D eigenvalue weighted by molar-refractivity contribution is -0.138. The molecule has 1 unspecified atom stereocenters. The van der Waals surface area contributed by atoms with Crippen LogP contribution in [0.4, 0.5) is 0 Å². The SMILES string of the molecule is CC(C)(C)C(C(=O)O)P(=O)(O)O. The van der Waals surface area contributed by atoms with Gasteiger partial charge in [0.15, 0.2) is 5.66 Å². The van der Waals surface area contributed by atoms with Crippen LogP contribution in [-0.4, -0.2) is 26.5 Å². The molecule has 0 aromatic rings. The van der Waals surface area contributed by atoms with Gasteiger partial charge in [-0.05, 0) is 5.41 Å². The topological polar surface area (TPSA) is 94.8 Å². The molecule has 6 heteroatoms. The minimum absolute atomic E-state index is 0.940. The Hall–Kier alpha value is -0.380. The maximum absolute atomic E-state index is 10.7. The zero-order chi connectivity index (χ0) is 10.2. The number of aliphatic carboxylic acids is 1. The van der Waals surface area contributed by atoms with Gasteiger partial charge >= 0.3 is 13.6 Å². The second-order valence-corrected chi connectivity index (χ2v) is 5.39. The smallest absolute Gasteiger partial charge is 0.340 e. The number of rotatable bonds is 2. The summed E-state index contributed by atoms with van der Waals surface area (Å²) in [4.78, 5) is 27.9. The van der Waals surface area contributed by atoms with E-state index in [-0.39, 0.29) is 0 Å². The molecule has 0 fully saturated rings. The van der Waals surface area contributed by atoms with Gasteiger partial charge in [0.2, 0.25) is 0 Å². The summed E-state index contributed by atoms with van der Waals surface area (Å²) in [5, 5.41) is 8.55. The van der Waals surface area contributed by atoms with Crippen LogP contribution in [0.25, 0.3) is 0 Å². The molecule has 1 atom stereocenters. The number of carbonyl (C=O) groups is 1. The largest absolute Gasteiger partial charge is 0.481 e. The Morgan fingerprint density at radius 1 is 1.33 bits per heavy atom. The van der Waals surface area contributed by atoms with E-state index in [0.717, 1.165) is 0 Å². The lowest BCUT2D eigenvalue weighted by Gasteiger charge is -2.27. The molecule has 0 bridgehead atoms. The Morgan fingerprint density at radius 3 is 1.67 bits per heavy atom. The van der Waals surface area contributed by atoms with Gasteiger partial charge in [0.05, 0.1) is 0 Å². The lowest BCUT2D eigenvalue weighted by atomic mass is 9.92. The fourth-order valence-electron chi connectivity index (χ4n) is 1.02. The molecule has 0 spiro atoms. The third-order valence-electron chi connectivity index (χ3n) is 1.39. The summed E-state index contributed by atoms with van der Waals surface area (Å²) in [5.74, 6) is -1.46. The van der Waals surface area contributed by atoms with Gasteiger partial charge in [0.25, 0.3) is 0 Å². The molecule has 72 valence electrons. The number of carboxylic acid groups (broad SMARTS) is 1. The summed E-state index contributed by atoms with van der Waals surface area (Å²) >= 11 is 0. The monoisotopic (exact) mass is 196 g/mol. The lowest BCUT2D eigenvalue weighted by Crippen LogP contribution is -2.34. The van der Waals surface area contributed by atoms with E-state index in [1.165, 1.54) is 20.8 Å². The molecule has 0 aliphatic heterocycles. The molecular formula is C6H13O5P. The Balaban J connectivity index is 4.96. The van der Waals surface area contributed by atoms with Crippen molar-refractivity contribution in [3.05, 3.63) is 0 Å². The number of hydrogen-bond donors (Lipinski definition) is 3. The maximum atomic E-state index is 10.7. The van der Waals surface area contributed by atoms with E-state index in [4.69, 9.17) is 14.9 Å². The zero-order valence-electron chi connectivity index (χ0n) is 7.18. The molecule has 5 nitrogen and oxygen atoms in total. The average Bonchev–Trinajstić information content (AvgIpc) is 1.49. The van der Waals surface area contributed by atoms with Gasteiger partial charge in [-0.15, -0.1) is 0 Å². The van der Waals surface area contributed by atoms with Crippen LogP contribution in [0, 0.1) is 5.41 Å². The Labute approximate surface area is 70.6 Å². The molecular weight excluding hydrogens is 183 g/mol. The fourth-order valence-corrected chi connectivity index (χ4v) is 2.32. The second-order valence-electron chi connectivity index (χ2n) is 3.70. The van der Waals surface area contributed by atoms with Gasteiger partial charge in [-0.2, -0.15) is 0 Å². The molecule has 0 saturated carbocycles. The minimum atomic E-state index is -4.55. The highest BCUT2D eigenvalue weighted by atomic mass is 31.2. The standard InChI is InChI=1S/C6H13O5P/c1-6(2,3)4(5(7)8)12(9,10)11/h4H,1-3H3,(H,7,8)(H2,9,10,11). The predicted molar refractivity (Wildman–Crippen MR) is 42.9 cm³/mol. The van der Waals surface area contributed by atoms with Crippen LogP contribution in [-0.2, 0) is 9.36 Å². The Kier molecular flexibility index (Phi) is 3.07. The van der Waals surface area contributed by atoms with Crippen LogP contribution in [0.1, 0.15) is 20.8 Å². The van der Waals surface area contributed by atoms with E-state index >= 15 is 0 Å². The van der Waals surface area contributed by atoms with Crippen LogP contribution in [0.3, 0.4) is 0 Å². The summed E-state index contributed by atoms with van der Waals surface area (Å²) in [7, 11) is -4.55. The van der Waals surface area contributed by atoms with E-state index in [2.05, 4.69) is 0 Å². The molecule has 0 aliphatic carbocycles. The first-order chi connectivity index (χ1) is 5.07. The van der Waals surface area contributed by atoms with Crippen molar-refractivity contribution in [1.82, 2.24) is 0 Å². The van der Waals surface area contributed by atoms with Gasteiger partial charge < -0.3 is 14.9 Å². The van der Waals surface area contributed by atoms with E-state index in [1.807, 2.05) is 0 Å². The minimum Gasteiger partial charge on any atom is -0.481 e. The average molecular weight is 196 g/mol. The van der Waals surface area contributed by atoms with Gasteiger partial charge in [0.1, 0.15) is 0 Å². The van der Waals surface area contributed by atoms with Crippen molar-refractivity contribution in [3.63, 3.8) is 0 Å². The Bertz CT molecular complexity index is 223. The van der Waals surface area contributed by atoms with Crippen molar-refractivity contribution in [3.8, 4) is 0 Å². The molecule has 0 aromatic carbocycles. The molecule has 0 amide bonds. The van der Waals surface area contributed by atoms with Crippen LogP contribution in [0.15, 0.2) is 0 Å². The highest BCUT2D eigenvalue weighted by molar-refractivity contribution is 7.53. The molecule has 0 heterocycles. The summed E-state index contributed by atoms with van der Waals surface area (Å²) in [6.45, 7) is 4.43. The molecule has 0 radical (unpaired) electrons. The highest BCUT2D eigenvalue weighted by Crippen LogP contribution is 2.49. The molecule has 0 aliphatic rings. The molecule has 0 aromatic heterocycles. The third kappa shape index (κ3) is 2.93. The van der Waals surface area contributed by atoms with Gasteiger partial charge in [0, 0.05) is 0 Å². The van der Waals surface area contributed by atoms with E-state index < -0.39 is 24.6 Å². The first-order valence-corrected chi connectivity index (χ1v) is 5.03. The van der Waals surface area contributed by atoms with E-state index in [9.17, 15) is 9.36 Å².